The predicted molar refractivity (Wildman–Crippen MR) is 69.5 cm³/mol. The Bertz CT molecular complexity index is 514. The first kappa shape index (κ1) is 14.6. The highest BCUT2D eigenvalue weighted by atomic mass is 16.5. The van der Waals surface area contributed by atoms with E-state index in [0.29, 0.717) is 5.75 Å². The van der Waals surface area contributed by atoms with Gasteiger partial charge in [-0.2, -0.15) is 0 Å². The lowest BCUT2D eigenvalue weighted by Crippen LogP contribution is -2.32. The second-order valence-corrected chi connectivity index (χ2v) is 3.41. The van der Waals surface area contributed by atoms with Crippen LogP contribution in [0, 0.1) is 11.8 Å². The summed E-state index contributed by atoms with van der Waals surface area (Å²) in [6.45, 7) is 1.86. The summed E-state index contributed by atoms with van der Waals surface area (Å²) < 4.78 is 9.67. The second kappa shape index (κ2) is 7.77. The molecular weight excluding hydrogens is 246 g/mol. The van der Waals surface area contributed by atoms with E-state index in [1.54, 1.807) is 26.2 Å². The highest BCUT2D eigenvalue weighted by Crippen LogP contribution is 2.15. The Kier molecular flexibility index (Phi) is 5.96. The molecule has 1 aromatic carbocycles. The van der Waals surface area contributed by atoms with Crippen LogP contribution in [0.15, 0.2) is 24.3 Å². The zero-order chi connectivity index (χ0) is 14.1. The summed E-state index contributed by atoms with van der Waals surface area (Å²) in [5, 5.41) is 2.35. The number of hydrogen-bond donors (Lipinski definition) is 1. The molecule has 1 aromatic rings. The maximum Gasteiger partial charge on any atom is 0.396 e. The number of carbonyl (C=O) groups excluding carboxylic acids is 2. The van der Waals surface area contributed by atoms with Gasteiger partial charge in [0.1, 0.15) is 5.75 Å². The monoisotopic (exact) mass is 261 g/mol. The average molecular weight is 261 g/mol. The fourth-order valence-corrected chi connectivity index (χ4v) is 1.28. The van der Waals surface area contributed by atoms with Crippen molar-refractivity contribution in [3.63, 3.8) is 0 Å². The van der Waals surface area contributed by atoms with Crippen molar-refractivity contribution in [1.82, 2.24) is 5.32 Å². The molecular formula is C14H15NO4. The molecule has 1 N–H and O–H groups in total. The first-order valence-corrected chi connectivity index (χ1v) is 5.75. The minimum atomic E-state index is -0.901. The number of ether oxygens (including phenoxy) is 2. The van der Waals surface area contributed by atoms with Gasteiger partial charge in [-0.1, -0.05) is 24.0 Å². The van der Waals surface area contributed by atoms with Crippen molar-refractivity contribution >= 4 is 11.9 Å². The van der Waals surface area contributed by atoms with Crippen LogP contribution >= 0.6 is 0 Å². The first-order valence-electron chi connectivity index (χ1n) is 5.75. The third-order valence-electron chi connectivity index (χ3n) is 2.13. The van der Waals surface area contributed by atoms with Crippen LogP contribution < -0.4 is 10.1 Å². The number of methoxy groups -OCH3 is 1. The van der Waals surface area contributed by atoms with E-state index in [1.807, 2.05) is 12.1 Å². The fourth-order valence-electron chi connectivity index (χ4n) is 1.28. The lowest BCUT2D eigenvalue weighted by Gasteiger charge is -2.01. The molecule has 1 rings (SSSR count). The molecule has 0 radical (unpaired) electrons. The number of benzene rings is 1. The van der Waals surface area contributed by atoms with Crippen LogP contribution in [-0.2, 0) is 14.3 Å². The maximum absolute atomic E-state index is 11.2. The SMILES string of the molecule is CCOC(=O)C(=O)NCC#Cc1ccccc1OC. The standard InChI is InChI=1S/C14H15NO4/c1-3-19-14(17)13(16)15-10-6-8-11-7-4-5-9-12(11)18-2/h4-5,7,9H,3,10H2,1-2H3,(H,15,16). The molecule has 0 saturated carbocycles. The molecule has 0 aliphatic carbocycles. The van der Waals surface area contributed by atoms with E-state index in [9.17, 15) is 9.59 Å². The number of esters is 1. The topological polar surface area (TPSA) is 64.6 Å². The van der Waals surface area contributed by atoms with Gasteiger partial charge in [0, 0.05) is 0 Å². The van der Waals surface area contributed by atoms with Crippen LogP contribution in [0.1, 0.15) is 12.5 Å². The second-order valence-electron chi connectivity index (χ2n) is 3.41. The lowest BCUT2D eigenvalue weighted by molar-refractivity contribution is -0.154. The van der Waals surface area contributed by atoms with Gasteiger partial charge in [0.05, 0.1) is 25.8 Å². The summed E-state index contributed by atoms with van der Waals surface area (Å²) in [7, 11) is 1.56. The van der Waals surface area contributed by atoms with Crippen molar-refractivity contribution in [2.75, 3.05) is 20.3 Å². The Hall–Kier alpha value is -2.48. The predicted octanol–water partition coefficient (Wildman–Crippen LogP) is 0.726. The average Bonchev–Trinajstić information content (AvgIpc) is 2.44. The van der Waals surface area contributed by atoms with Crippen LogP contribution in [-0.4, -0.2) is 32.1 Å². The molecule has 0 aliphatic rings. The summed E-state index contributed by atoms with van der Waals surface area (Å²) in [6.07, 6.45) is 0. The third kappa shape index (κ3) is 4.72. The van der Waals surface area contributed by atoms with E-state index >= 15 is 0 Å². The van der Waals surface area contributed by atoms with Crippen molar-refractivity contribution in [1.29, 1.82) is 0 Å². The van der Waals surface area contributed by atoms with Crippen LogP contribution in [0.2, 0.25) is 0 Å². The molecule has 5 heteroatoms. The van der Waals surface area contributed by atoms with E-state index in [4.69, 9.17) is 4.74 Å². The van der Waals surface area contributed by atoms with Gasteiger partial charge in [0.25, 0.3) is 0 Å². The number of nitrogens with one attached hydrogen (secondary N) is 1. The summed E-state index contributed by atoms with van der Waals surface area (Å²) in [5.74, 6) is 4.55. The molecule has 0 heterocycles. The number of carbonyl (C=O) groups is 2. The zero-order valence-electron chi connectivity index (χ0n) is 10.9. The molecule has 5 nitrogen and oxygen atoms in total. The van der Waals surface area contributed by atoms with Gasteiger partial charge in [-0.25, -0.2) is 4.79 Å². The Morgan fingerprint density at radius 1 is 1.32 bits per heavy atom. The highest BCUT2D eigenvalue weighted by Gasteiger charge is 2.12. The van der Waals surface area contributed by atoms with Crippen LogP contribution in [0.25, 0.3) is 0 Å². The Morgan fingerprint density at radius 2 is 2.05 bits per heavy atom. The van der Waals surface area contributed by atoms with E-state index < -0.39 is 11.9 Å². The van der Waals surface area contributed by atoms with E-state index in [2.05, 4.69) is 21.9 Å². The quantitative estimate of drug-likeness (QED) is 0.495. The molecule has 0 atom stereocenters. The van der Waals surface area contributed by atoms with E-state index in [1.165, 1.54) is 0 Å². The first-order chi connectivity index (χ1) is 9.19. The lowest BCUT2D eigenvalue weighted by atomic mass is 10.2. The van der Waals surface area contributed by atoms with Gasteiger partial charge in [-0.3, -0.25) is 4.79 Å². The summed E-state index contributed by atoms with van der Waals surface area (Å²) >= 11 is 0. The number of amides is 1. The zero-order valence-corrected chi connectivity index (χ0v) is 10.9. The molecule has 0 unspecified atom stereocenters. The minimum absolute atomic E-state index is 0.0652. The molecule has 100 valence electrons. The minimum Gasteiger partial charge on any atom is -0.495 e. The number of para-hydroxylation sites is 1. The normalized spacial score (nSPS) is 8.95. The maximum atomic E-state index is 11.2. The Morgan fingerprint density at radius 3 is 2.74 bits per heavy atom. The molecule has 0 bridgehead atoms. The summed E-state index contributed by atoms with van der Waals surface area (Å²) in [4.78, 5) is 22.2. The van der Waals surface area contributed by atoms with Crippen molar-refractivity contribution < 1.29 is 19.1 Å². The highest BCUT2D eigenvalue weighted by molar-refractivity contribution is 6.32. The van der Waals surface area contributed by atoms with Crippen molar-refractivity contribution in [2.45, 2.75) is 6.92 Å². The molecule has 0 spiro atoms. The van der Waals surface area contributed by atoms with Gasteiger partial charge < -0.3 is 14.8 Å². The molecule has 0 aromatic heterocycles. The Balaban J connectivity index is 2.52. The molecule has 0 saturated heterocycles. The van der Waals surface area contributed by atoms with Crippen molar-refractivity contribution in [3.8, 4) is 17.6 Å². The van der Waals surface area contributed by atoms with Gasteiger partial charge in [0.2, 0.25) is 0 Å². The van der Waals surface area contributed by atoms with Crippen LogP contribution in [0.5, 0.6) is 5.75 Å². The van der Waals surface area contributed by atoms with Crippen LogP contribution in [0.3, 0.4) is 0 Å². The van der Waals surface area contributed by atoms with Crippen LogP contribution in [0.4, 0.5) is 0 Å². The number of rotatable bonds is 3. The smallest absolute Gasteiger partial charge is 0.396 e. The van der Waals surface area contributed by atoms with E-state index in [-0.39, 0.29) is 13.2 Å². The fraction of sp³-hybridized carbons (Fsp3) is 0.286. The van der Waals surface area contributed by atoms with Gasteiger partial charge >= 0.3 is 11.9 Å². The molecule has 0 aliphatic heterocycles. The van der Waals surface area contributed by atoms with Crippen molar-refractivity contribution in [3.05, 3.63) is 29.8 Å². The molecule has 19 heavy (non-hydrogen) atoms. The summed E-state index contributed by atoms with van der Waals surface area (Å²) in [5.41, 5.74) is 0.718. The molecule has 0 fully saturated rings. The third-order valence-corrected chi connectivity index (χ3v) is 2.13. The van der Waals surface area contributed by atoms with E-state index in [0.717, 1.165) is 5.56 Å². The largest absolute Gasteiger partial charge is 0.495 e. The van der Waals surface area contributed by atoms with Gasteiger partial charge in [0.15, 0.2) is 0 Å². The summed E-state index contributed by atoms with van der Waals surface area (Å²) in [6, 6.07) is 7.27. The van der Waals surface area contributed by atoms with Crippen molar-refractivity contribution in [2.24, 2.45) is 0 Å². The van der Waals surface area contributed by atoms with Gasteiger partial charge in [-0.05, 0) is 19.1 Å². The Labute approximate surface area is 111 Å². The molecule has 1 amide bonds. The number of hydrogen-bond acceptors (Lipinski definition) is 4. The van der Waals surface area contributed by atoms with Gasteiger partial charge in [-0.15, -0.1) is 0 Å².